The van der Waals surface area contributed by atoms with E-state index in [4.69, 9.17) is 4.74 Å². The number of hydrogen-bond acceptors (Lipinski definition) is 3. The number of fused-ring (bicyclic) bond motifs is 1. The van der Waals surface area contributed by atoms with E-state index >= 15 is 0 Å². The summed E-state index contributed by atoms with van der Waals surface area (Å²) < 4.78 is 5.88. The van der Waals surface area contributed by atoms with E-state index in [1.165, 1.54) is 0 Å². The van der Waals surface area contributed by atoms with Gasteiger partial charge in [0.05, 0.1) is 16.2 Å². The van der Waals surface area contributed by atoms with E-state index in [-0.39, 0.29) is 6.61 Å². The number of rotatable bonds is 3. The number of pyridine rings is 1. The second kappa shape index (κ2) is 5.97. The standard InChI is InChI=1S/C15H12BrN3O2/c16-13-11-6-7-17-12(11)8-18-14(13)19-15(20)21-9-10-4-2-1-3-5-10/h1-8,17H,9H2,(H,18,19,20). The molecule has 6 heteroatoms. The van der Waals surface area contributed by atoms with Gasteiger partial charge in [-0.25, -0.2) is 9.78 Å². The van der Waals surface area contributed by atoms with Crippen LogP contribution in [0.2, 0.25) is 0 Å². The number of carbonyl (C=O) groups excluding carboxylic acids is 1. The van der Waals surface area contributed by atoms with Crippen molar-refractivity contribution >= 4 is 38.7 Å². The highest BCUT2D eigenvalue weighted by atomic mass is 79.9. The normalized spacial score (nSPS) is 10.5. The number of ether oxygens (including phenoxy) is 1. The molecule has 0 aliphatic carbocycles. The van der Waals surface area contributed by atoms with Crippen LogP contribution >= 0.6 is 15.9 Å². The number of H-pyrrole nitrogens is 1. The summed E-state index contributed by atoms with van der Waals surface area (Å²) in [4.78, 5) is 19.0. The van der Waals surface area contributed by atoms with Gasteiger partial charge in [-0.1, -0.05) is 30.3 Å². The molecule has 0 radical (unpaired) electrons. The van der Waals surface area contributed by atoms with E-state index in [0.29, 0.717) is 5.82 Å². The fourth-order valence-corrected chi connectivity index (χ4v) is 2.48. The van der Waals surface area contributed by atoms with Crippen LogP contribution in [0.5, 0.6) is 0 Å². The highest BCUT2D eigenvalue weighted by Gasteiger charge is 2.11. The maximum atomic E-state index is 11.8. The number of carbonyl (C=O) groups is 1. The van der Waals surface area contributed by atoms with Crippen molar-refractivity contribution in [2.45, 2.75) is 6.61 Å². The minimum atomic E-state index is -0.540. The van der Waals surface area contributed by atoms with E-state index in [1.54, 1.807) is 6.20 Å². The van der Waals surface area contributed by atoms with E-state index < -0.39 is 6.09 Å². The summed E-state index contributed by atoms with van der Waals surface area (Å²) in [6.45, 7) is 0.219. The molecule has 0 spiro atoms. The van der Waals surface area contributed by atoms with Gasteiger partial charge in [0.2, 0.25) is 0 Å². The Morgan fingerprint density at radius 1 is 1.29 bits per heavy atom. The highest BCUT2D eigenvalue weighted by molar-refractivity contribution is 9.10. The van der Waals surface area contributed by atoms with Crippen LogP contribution < -0.4 is 5.32 Å². The number of aromatic nitrogens is 2. The van der Waals surface area contributed by atoms with Gasteiger partial charge in [0.25, 0.3) is 0 Å². The summed E-state index contributed by atoms with van der Waals surface area (Å²) in [7, 11) is 0. The first-order valence-corrected chi connectivity index (χ1v) is 7.12. The molecule has 0 atom stereocenters. The molecule has 0 saturated carbocycles. The molecule has 21 heavy (non-hydrogen) atoms. The number of hydrogen-bond donors (Lipinski definition) is 2. The maximum Gasteiger partial charge on any atom is 0.413 e. The molecule has 0 saturated heterocycles. The fraction of sp³-hybridized carbons (Fsp3) is 0.0667. The first-order valence-electron chi connectivity index (χ1n) is 6.33. The Morgan fingerprint density at radius 2 is 2.10 bits per heavy atom. The number of aromatic amines is 1. The van der Waals surface area contributed by atoms with Gasteiger partial charge in [0.1, 0.15) is 12.4 Å². The molecule has 106 valence electrons. The van der Waals surface area contributed by atoms with Crippen LogP contribution in [0.1, 0.15) is 5.56 Å². The van der Waals surface area contributed by atoms with Gasteiger partial charge < -0.3 is 9.72 Å². The van der Waals surface area contributed by atoms with Crippen molar-refractivity contribution in [2.24, 2.45) is 0 Å². The van der Waals surface area contributed by atoms with Crippen molar-refractivity contribution in [2.75, 3.05) is 5.32 Å². The van der Waals surface area contributed by atoms with E-state index in [2.05, 4.69) is 31.2 Å². The molecular formula is C15H12BrN3O2. The summed E-state index contributed by atoms with van der Waals surface area (Å²) in [5, 5.41) is 3.58. The Labute approximate surface area is 129 Å². The predicted molar refractivity (Wildman–Crippen MR) is 84.0 cm³/mol. The van der Waals surface area contributed by atoms with Gasteiger partial charge in [-0.15, -0.1) is 0 Å². The molecule has 5 nitrogen and oxygen atoms in total. The molecule has 0 unspecified atom stereocenters. The number of amides is 1. The maximum absolute atomic E-state index is 11.8. The molecule has 0 fully saturated rings. The Balaban J connectivity index is 1.67. The minimum absolute atomic E-state index is 0.219. The first kappa shape index (κ1) is 13.6. The number of nitrogens with one attached hydrogen (secondary N) is 2. The average Bonchev–Trinajstić information content (AvgIpc) is 2.98. The van der Waals surface area contributed by atoms with E-state index in [0.717, 1.165) is 20.9 Å². The van der Waals surface area contributed by atoms with Crippen LogP contribution in [0, 0.1) is 0 Å². The average molecular weight is 346 g/mol. The zero-order chi connectivity index (χ0) is 14.7. The van der Waals surface area contributed by atoms with Gasteiger partial charge >= 0.3 is 6.09 Å². The van der Waals surface area contributed by atoms with Crippen LogP contribution in [0.15, 0.2) is 53.3 Å². The lowest BCUT2D eigenvalue weighted by atomic mass is 10.2. The number of nitrogens with zero attached hydrogens (tertiary/aromatic N) is 1. The quantitative estimate of drug-likeness (QED) is 0.751. The van der Waals surface area contributed by atoms with Crippen molar-refractivity contribution in [1.82, 2.24) is 9.97 Å². The Bertz CT molecular complexity index is 771. The first-order chi connectivity index (χ1) is 10.2. The third kappa shape index (κ3) is 3.05. The van der Waals surface area contributed by atoms with Gasteiger partial charge in [-0.05, 0) is 27.6 Å². The summed E-state index contributed by atoms with van der Waals surface area (Å²) in [6.07, 6.45) is 2.93. The van der Waals surface area contributed by atoms with Crippen molar-refractivity contribution in [3.05, 3.63) is 58.8 Å². The molecule has 2 heterocycles. The largest absolute Gasteiger partial charge is 0.444 e. The van der Waals surface area contributed by atoms with Crippen LogP contribution in [0.25, 0.3) is 10.9 Å². The summed E-state index contributed by atoms with van der Waals surface area (Å²) in [6, 6.07) is 11.4. The number of anilines is 1. The Morgan fingerprint density at radius 3 is 2.90 bits per heavy atom. The third-order valence-electron chi connectivity index (χ3n) is 2.98. The zero-order valence-electron chi connectivity index (χ0n) is 11.0. The van der Waals surface area contributed by atoms with Crippen LogP contribution in [0.3, 0.4) is 0 Å². The molecule has 3 rings (SSSR count). The monoisotopic (exact) mass is 345 g/mol. The van der Waals surface area contributed by atoms with Gasteiger partial charge in [-0.2, -0.15) is 0 Å². The van der Waals surface area contributed by atoms with Gasteiger partial charge in [0, 0.05) is 11.6 Å². The topological polar surface area (TPSA) is 67.0 Å². The molecular weight excluding hydrogens is 334 g/mol. The van der Waals surface area contributed by atoms with Crippen LogP contribution in [-0.2, 0) is 11.3 Å². The zero-order valence-corrected chi connectivity index (χ0v) is 12.6. The molecule has 0 bridgehead atoms. The Hall–Kier alpha value is -2.34. The molecule has 3 aromatic rings. The molecule has 0 aliphatic heterocycles. The number of halogens is 1. The molecule has 1 amide bonds. The molecule has 0 aliphatic rings. The van der Waals surface area contributed by atoms with E-state index in [1.807, 2.05) is 42.6 Å². The Kier molecular flexibility index (Phi) is 3.87. The second-order valence-corrected chi connectivity index (χ2v) is 5.21. The highest BCUT2D eigenvalue weighted by Crippen LogP contribution is 2.28. The van der Waals surface area contributed by atoms with Crippen molar-refractivity contribution in [3.8, 4) is 0 Å². The predicted octanol–water partition coefficient (Wildman–Crippen LogP) is 4.07. The van der Waals surface area contributed by atoms with Gasteiger partial charge in [-0.3, -0.25) is 5.32 Å². The fourth-order valence-electron chi connectivity index (χ4n) is 1.94. The van der Waals surface area contributed by atoms with Crippen LogP contribution in [-0.4, -0.2) is 16.1 Å². The lowest BCUT2D eigenvalue weighted by molar-refractivity contribution is 0.155. The van der Waals surface area contributed by atoms with E-state index in [9.17, 15) is 4.79 Å². The molecule has 1 aromatic carbocycles. The van der Waals surface area contributed by atoms with Crippen molar-refractivity contribution in [3.63, 3.8) is 0 Å². The summed E-state index contributed by atoms with van der Waals surface area (Å²) in [5.41, 5.74) is 1.82. The number of benzene rings is 1. The molecule has 2 aromatic heterocycles. The lowest BCUT2D eigenvalue weighted by Crippen LogP contribution is -2.14. The summed E-state index contributed by atoms with van der Waals surface area (Å²) in [5.74, 6) is 0.431. The summed E-state index contributed by atoms with van der Waals surface area (Å²) >= 11 is 3.43. The smallest absolute Gasteiger partial charge is 0.413 e. The lowest BCUT2D eigenvalue weighted by Gasteiger charge is -2.08. The SMILES string of the molecule is O=C(Nc1ncc2[nH]ccc2c1Br)OCc1ccccc1. The van der Waals surface area contributed by atoms with Gasteiger partial charge in [0.15, 0.2) is 0 Å². The minimum Gasteiger partial charge on any atom is -0.444 e. The van der Waals surface area contributed by atoms with Crippen LogP contribution in [0.4, 0.5) is 10.6 Å². The molecule has 2 N–H and O–H groups in total. The third-order valence-corrected chi connectivity index (χ3v) is 3.78. The van der Waals surface area contributed by atoms with Crippen molar-refractivity contribution in [1.29, 1.82) is 0 Å². The van der Waals surface area contributed by atoms with Crippen molar-refractivity contribution < 1.29 is 9.53 Å². The second-order valence-electron chi connectivity index (χ2n) is 4.41.